The second-order valence-electron chi connectivity index (χ2n) is 3.43. The molecule has 4 heteroatoms. The third kappa shape index (κ3) is 3.64. The molecule has 0 aromatic heterocycles. The lowest BCUT2D eigenvalue weighted by Gasteiger charge is -2.27. The third-order valence-corrected chi connectivity index (χ3v) is 2.22. The van der Waals surface area contributed by atoms with Crippen molar-refractivity contribution in [1.82, 2.24) is 0 Å². The molecule has 0 saturated carbocycles. The van der Waals surface area contributed by atoms with Crippen molar-refractivity contribution >= 4 is 5.97 Å². The molecule has 2 atom stereocenters. The van der Waals surface area contributed by atoms with Crippen LogP contribution in [0.2, 0.25) is 0 Å². The van der Waals surface area contributed by atoms with Crippen LogP contribution >= 0.6 is 0 Å². The van der Waals surface area contributed by atoms with Crippen molar-refractivity contribution < 1.29 is 19.4 Å². The molecule has 0 aliphatic heterocycles. The molecule has 4 nitrogen and oxygen atoms in total. The number of hydrogen-bond acceptors (Lipinski definition) is 4. The summed E-state index contributed by atoms with van der Waals surface area (Å²) in [5.74, 6) is -0.867. The fourth-order valence-corrected chi connectivity index (χ4v) is 0.935. The largest absolute Gasteiger partial charge is 0.464 e. The lowest BCUT2D eigenvalue weighted by molar-refractivity contribution is -0.170. The predicted molar refractivity (Wildman–Crippen MR) is 52.9 cm³/mol. The maximum atomic E-state index is 11.3. The average molecular weight is 204 g/mol. The van der Waals surface area contributed by atoms with Gasteiger partial charge >= 0.3 is 5.97 Å². The van der Waals surface area contributed by atoms with Crippen molar-refractivity contribution in [2.45, 2.75) is 33.3 Å². The van der Waals surface area contributed by atoms with Gasteiger partial charge in [0.1, 0.15) is 0 Å². The molecule has 0 amide bonds. The summed E-state index contributed by atoms with van der Waals surface area (Å²) in [6.45, 7) is 7.98. The Bertz CT molecular complexity index is 177. The van der Waals surface area contributed by atoms with Gasteiger partial charge in [-0.15, -0.1) is 0 Å². The van der Waals surface area contributed by atoms with Crippen LogP contribution in [0.25, 0.3) is 0 Å². The summed E-state index contributed by atoms with van der Waals surface area (Å²) in [4.78, 5) is 11.3. The highest BCUT2D eigenvalue weighted by molar-refractivity contribution is 5.79. The summed E-state index contributed by atoms with van der Waals surface area (Å²) in [5, 5.41) is 9.85. The maximum Gasteiger partial charge on any atom is 0.338 e. The first-order chi connectivity index (χ1) is 6.46. The number of hydrogen-bond donors (Lipinski definition) is 1. The molecule has 0 aromatic carbocycles. The Morgan fingerprint density at radius 1 is 1.43 bits per heavy atom. The Balaban J connectivity index is 4.20. The second kappa shape index (κ2) is 5.98. The van der Waals surface area contributed by atoms with Crippen LogP contribution < -0.4 is 0 Å². The molecule has 0 bridgehead atoms. The van der Waals surface area contributed by atoms with Gasteiger partial charge in [0.05, 0.1) is 13.2 Å². The van der Waals surface area contributed by atoms with E-state index >= 15 is 0 Å². The molecule has 1 N–H and O–H groups in total. The summed E-state index contributed by atoms with van der Waals surface area (Å²) >= 11 is 0. The van der Waals surface area contributed by atoms with E-state index in [1.807, 2.05) is 6.92 Å². The van der Waals surface area contributed by atoms with Crippen molar-refractivity contribution in [3.63, 3.8) is 0 Å². The molecule has 14 heavy (non-hydrogen) atoms. The molecule has 0 aliphatic rings. The highest BCUT2D eigenvalue weighted by atomic mass is 16.5. The topological polar surface area (TPSA) is 55.8 Å². The lowest BCUT2D eigenvalue weighted by Crippen LogP contribution is -2.44. The van der Waals surface area contributed by atoms with Gasteiger partial charge in [-0.1, -0.05) is 6.92 Å². The quantitative estimate of drug-likeness (QED) is 0.655. The maximum absolute atomic E-state index is 11.3. The van der Waals surface area contributed by atoms with Gasteiger partial charge in [-0.2, -0.15) is 0 Å². The molecule has 2 unspecified atom stereocenters. The van der Waals surface area contributed by atoms with Crippen molar-refractivity contribution in [1.29, 1.82) is 0 Å². The number of rotatable bonds is 6. The Morgan fingerprint density at radius 3 is 2.43 bits per heavy atom. The molecule has 0 fully saturated rings. The summed E-state index contributed by atoms with van der Waals surface area (Å²) in [7, 11) is 0. The minimum Gasteiger partial charge on any atom is -0.464 e. The standard InChI is InChI=1S/C10H20O4/c1-5-13-7-8(3)10(4,12)9(11)14-6-2/h8,12H,5-7H2,1-4H3. The zero-order valence-corrected chi connectivity index (χ0v) is 9.37. The van der Waals surface area contributed by atoms with Gasteiger partial charge in [0, 0.05) is 12.5 Å². The van der Waals surface area contributed by atoms with Gasteiger partial charge in [0.15, 0.2) is 5.60 Å². The molecular weight excluding hydrogens is 184 g/mol. The van der Waals surface area contributed by atoms with Crippen molar-refractivity contribution in [3.8, 4) is 0 Å². The number of carbonyl (C=O) groups excluding carboxylic acids is 1. The molecule has 0 radical (unpaired) electrons. The van der Waals surface area contributed by atoms with E-state index in [1.165, 1.54) is 6.92 Å². The monoisotopic (exact) mass is 204 g/mol. The molecule has 0 heterocycles. The third-order valence-electron chi connectivity index (χ3n) is 2.22. The minimum absolute atomic E-state index is 0.274. The van der Waals surface area contributed by atoms with Gasteiger partial charge in [0.25, 0.3) is 0 Å². The Hall–Kier alpha value is -0.610. The van der Waals surface area contributed by atoms with Gasteiger partial charge in [-0.05, 0) is 20.8 Å². The predicted octanol–water partition coefficient (Wildman–Crippen LogP) is 0.973. The second-order valence-corrected chi connectivity index (χ2v) is 3.43. The Morgan fingerprint density at radius 2 is 2.00 bits per heavy atom. The van der Waals surface area contributed by atoms with Crippen LogP contribution in [0.3, 0.4) is 0 Å². The first-order valence-electron chi connectivity index (χ1n) is 4.94. The molecule has 0 saturated heterocycles. The van der Waals surface area contributed by atoms with E-state index in [0.29, 0.717) is 13.2 Å². The van der Waals surface area contributed by atoms with Crippen molar-refractivity contribution in [2.75, 3.05) is 19.8 Å². The van der Waals surface area contributed by atoms with E-state index < -0.39 is 11.6 Å². The van der Waals surface area contributed by atoms with Gasteiger partial charge in [-0.3, -0.25) is 0 Å². The van der Waals surface area contributed by atoms with Crippen molar-refractivity contribution in [2.24, 2.45) is 5.92 Å². The number of ether oxygens (including phenoxy) is 2. The number of esters is 1. The summed E-state index contributed by atoms with van der Waals surface area (Å²) in [6.07, 6.45) is 0. The normalized spacial score (nSPS) is 17.2. The highest BCUT2D eigenvalue weighted by Crippen LogP contribution is 2.18. The number of carbonyl (C=O) groups is 1. The summed E-state index contributed by atoms with van der Waals surface area (Å²) < 4.78 is 9.91. The summed E-state index contributed by atoms with van der Waals surface area (Å²) in [5.41, 5.74) is -1.47. The van der Waals surface area contributed by atoms with Crippen LogP contribution in [-0.2, 0) is 14.3 Å². The van der Waals surface area contributed by atoms with E-state index in [-0.39, 0.29) is 12.5 Å². The van der Waals surface area contributed by atoms with Crippen molar-refractivity contribution in [3.05, 3.63) is 0 Å². The molecule has 0 aromatic rings. The molecular formula is C10H20O4. The van der Waals surface area contributed by atoms with E-state index in [9.17, 15) is 9.90 Å². The Kier molecular flexibility index (Phi) is 5.72. The first-order valence-corrected chi connectivity index (χ1v) is 4.94. The van der Waals surface area contributed by atoms with Crippen LogP contribution in [0.5, 0.6) is 0 Å². The van der Waals surface area contributed by atoms with Gasteiger partial charge < -0.3 is 14.6 Å². The minimum atomic E-state index is -1.47. The summed E-state index contributed by atoms with van der Waals surface area (Å²) in [6, 6.07) is 0. The van der Waals surface area contributed by atoms with Crippen LogP contribution in [0, 0.1) is 5.92 Å². The zero-order chi connectivity index (χ0) is 11.2. The van der Waals surface area contributed by atoms with Gasteiger partial charge in [0.2, 0.25) is 0 Å². The smallest absolute Gasteiger partial charge is 0.338 e. The van der Waals surface area contributed by atoms with Crippen LogP contribution in [0.1, 0.15) is 27.7 Å². The van der Waals surface area contributed by atoms with Crippen LogP contribution in [0.15, 0.2) is 0 Å². The molecule has 84 valence electrons. The van der Waals surface area contributed by atoms with E-state index in [1.54, 1.807) is 13.8 Å². The van der Waals surface area contributed by atoms with E-state index in [2.05, 4.69) is 0 Å². The van der Waals surface area contributed by atoms with E-state index in [0.717, 1.165) is 0 Å². The molecule has 0 spiro atoms. The Labute approximate surface area is 85.2 Å². The first kappa shape index (κ1) is 13.4. The zero-order valence-electron chi connectivity index (χ0n) is 9.37. The lowest BCUT2D eigenvalue weighted by atomic mass is 9.91. The SMILES string of the molecule is CCOCC(C)C(C)(O)C(=O)OCC. The highest BCUT2D eigenvalue weighted by Gasteiger charge is 2.37. The number of aliphatic hydroxyl groups is 1. The van der Waals surface area contributed by atoms with Crippen LogP contribution in [0.4, 0.5) is 0 Å². The average Bonchev–Trinajstić information content (AvgIpc) is 2.14. The molecule has 0 rings (SSSR count). The molecule has 0 aliphatic carbocycles. The van der Waals surface area contributed by atoms with Crippen LogP contribution in [-0.4, -0.2) is 36.5 Å². The van der Waals surface area contributed by atoms with Gasteiger partial charge in [-0.25, -0.2) is 4.79 Å². The fraction of sp³-hybridized carbons (Fsp3) is 0.900. The fourth-order valence-electron chi connectivity index (χ4n) is 0.935. The van der Waals surface area contributed by atoms with E-state index in [4.69, 9.17) is 9.47 Å².